The van der Waals surface area contributed by atoms with Crippen LogP contribution in [0.15, 0.2) is 42.6 Å². The highest BCUT2D eigenvalue weighted by Gasteiger charge is 2.29. The van der Waals surface area contributed by atoms with Crippen molar-refractivity contribution in [1.82, 2.24) is 20.5 Å². The summed E-state index contributed by atoms with van der Waals surface area (Å²) in [6.45, 7) is 1.42. The molecule has 1 saturated heterocycles. The standard InChI is InChI=1S/C26H35FN4O5/c1-16-12-20(13-24(33)36-16)31(3)11-10-23(32)30-22(14-27)25(34)18-6-4-17(5-7-18)19-8-9-21(29-15-19)26(35)28-2/h4-9,15-16,20,22,24-25,33-34H,10-14H2,1-3H3,(H,28,35)(H,30,32)/t16-,20+,22-,24-,25-/m1/s1. The molecule has 2 aromatic rings. The SMILES string of the molecule is CNC(=O)c1ccc(-c2ccc([C@@H](O)[C@@H](CF)NC(=O)CCN(C)[C@H]3C[C@@H](C)O[C@@H](O)C3)cc2)cn1. The second kappa shape index (κ2) is 12.9. The van der Waals surface area contributed by atoms with Crippen LogP contribution in [-0.4, -0.2) is 83.7 Å². The van der Waals surface area contributed by atoms with Crippen LogP contribution < -0.4 is 10.6 Å². The van der Waals surface area contributed by atoms with Crippen LogP contribution >= 0.6 is 0 Å². The summed E-state index contributed by atoms with van der Waals surface area (Å²) in [5, 5.41) is 25.6. The van der Waals surface area contributed by atoms with E-state index in [9.17, 15) is 24.2 Å². The van der Waals surface area contributed by atoms with Crippen molar-refractivity contribution in [3.8, 4) is 11.1 Å². The third kappa shape index (κ3) is 7.30. The molecule has 196 valence electrons. The van der Waals surface area contributed by atoms with E-state index in [0.29, 0.717) is 24.2 Å². The number of pyridine rings is 1. The number of carbonyl (C=O) groups excluding carboxylic acids is 2. The van der Waals surface area contributed by atoms with Gasteiger partial charge in [0.25, 0.3) is 5.91 Å². The van der Waals surface area contributed by atoms with E-state index in [0.717, 1.165) is 17.5 Å². The van der Waals surface area contributed by atoms with Gasteiger partial charge in [-0.05, 0) is 37.6 Å². The topological polar surface area (TPSA) is 124 Å². The average molecular weight is 503 g/mol. The Morgan fingerprint density at radius 2 is 1.89 bits per heavy atom. The summed E-state index contributed by atoms with van der Waals surface area (Å²) >= 11 is 0. The Bertz CT molecular complexity index is 994. The van der Waals surface area contributed by atoms with Crippen LogP contribution in [0.3, 0.4) is 0 Å². The first-order valence-corrected chi connectivity index (χ1v) is 12.1. The third-order valence-corrected chi connectivity index (χ3v) is 6.48. The molecule has 3 rings (SSSR count). The van der Waals surface area contributed by atoms with Gasteiger partial charge < -0.3 is 30.5 Å². The zero-order valence-electron chi connectivity index (χ0n) is 20.9. The minimum Gasteiger partial charge on any atom is -0.386 e. The quantitative estimate of drug-likeness (QED) is 0.391. The molecule has 1 aromatic heterocycles. The highest BCUT2D eigenvalue weighted by Crippen LogP contribution is 2.24. The molecule has 5 atom stereocenters. The number of hydrogen-bond donors (Lipinski definition) is 4. The van der Waals surface area contributed by atoms with Crippen LogP contribution in [0, 0.1) is 0 Å². The number of halogens is 1. The number of benzene rings is 1. The van der Waals surface area contributed by atoms with Crippen LogP contribution in [0.1, 0.15) is 48.3 Å². The van der Waals surface area contributed by atoms with Crippen molar-refractivity contribution in [1.29, 1.82) is 0 Å². The molecule has 10 heteroatoms. The first kappa shape index (κ1) is 27.7. The number of amides is 2. The molecule has 4 N–H and O–H groups in total. The lowest BCUT2D eigenvalue weighted by atomic mass is 9.99. The Morgan fingerprint density at radius 1 is 1.19 bits per heavy atom. The lowest BCUT2D eigenvalue weighted by molar-refractivity contribution is -0.173. The van der Waals surface area contributed by atoms with Gasteiger partial charge >= 0.3 is 0 Å². The number of rotatable bonds is 10. The largest absolute Gasteiger partial charge is 0.386 e. The molecule has 0 aliphatic carbocycles. The molecule has 1 aromatic carbocycles. The minimum atomic E-state index is -1.22. The Kier molecular flexibility index (Phi) is 9.89. The highest BCUT2D eigenvalue weighted by molar-refractivity contribution is 5.92. The number of carbonyl (C=O) groups is 2. The van der Waals surface area contributed by atoms with Gasteiger partial charge in [0.1, 0.15) is 18.5 Å². The summed E-state index contributed by atoms with van der Waals surface area (Å²) in [4.78, 5) is 30.3. The van der Waals surface area contributed by atoms with Gasteiger partial charge in [0.2, 0.25) is 5.91 Å². The second-order valence-corrected chi connectivity index (χ2v) is 9.16. The summed E-state index contributed by atoms with van der Waals surface area (Å²) < 4.78 is 19.1. The number of aliphatic hydroxyl groups excluding tert-OH is 2. The van der Waals surface area contributed by atoms with Crippen molar-refractivity contribution in [3.63, 3.8) is 0 Å². The van der Waals surface area contributed by atoms with Crippen LogP contribution in [0.2, 0.25) is 0 Å². The maximum Gasteiger partial charge on any atom is 0.269 e. The Morgan fingerprint density at radius 3 is 2.47 bits per heavy atom. The summed E-state index contributed by atoms with van der Waals surface area (Å²) in [5.41, 5.74) is 2.38. The van der Waals surface area contributed by atoms with Gasteiger partial charge in [0.15, 0.2) is 6.29 Å². The maximum atomic E-state index is 13.7. The number of aliphatic hydroxyl groups is 2. The van der Waals surface area contributed by atoms with Gasteiger partial charge in [-0.15, -0.1) is 0 Å². The van der Waals surface area contributed by atoms with Crippen molar-refractivity contribution < 1.29 is 28.9 Å². The highest BCUT2D eigenvalue weighted by atomic mass is 19.1. The second-order valence-electron chi connectivity index (χ2n) is 9.16. The van der Waals surface area contributed by atoms with E-state index < -0.39 is 25.1 Å². The van der Waals surface area contributed by atoms with Crippen LogP contribution in [0.25, 0.3) is 11.1 Å². The van der Waals surface area contributed by atoms with E-state index in [4.69, 9.17) is 4.74 Å². The van der Waals surface area contributed by atoms with Gasteiger partial charge in [-0.1, -0.05) is 30.3 Å². The average Bonchev–Trinajstić information content (AvgIpc) is 2.89. The number of hydrogen-bond acceptors (Lipinski definition) is 7. The van der Waals surface area contributed by atoms with Crippen LogP contribution in [0.5, 0.6) is 0 Å². The molecule has 2 heterocycles. The molecule has 36 heavy (non-hydrogen) atoms. The molecule has 0 unspecified atom stereocenters. The molecule has 1 aliphatic rings. The fraction of sp³-hybridized carbons (Fsp3) is 0.500. The van der Waals surface area contributed by atoms with E-state index >= 15 is 0 Å². The van der Waals surface area contributed by atoms with Crippen molar-refractivity contribution in [2.45, 2.75) is 56.8 Å². The van der Waals surface area contributed by atoms with E-state index in [-0.39, 0.29) is 30.4 Å². The van der Waals surface area contributed by atoms with Gasteiger partial charge in [-0.3, -0.25) is 14.6 Å². The number of nitrogens with zero attached hydrogens (tertiary/aromatic N) is 2. The maximum absolute atomic E-state index is 13.7. The zero-order valence-corrected chi connectivity index (χ0v) is 20.9. The van der Waals surface area contributed by atoms with Crippen molar-refractivity contribution >= 4 is 11.8 Å². The fourth-order valence-electron chi connectivity index (χ4n) is 4.32. The summed E-state index contributed by atoms with van der Waals surface area (Å²) in [6, 6.07) is 9.29. The van der Waals surface area contributed by atoms with Gasteiger partial charge in [-0.2, -0.15) is 0 Å². The summed E-state index contributed by atoms with van der Waals surface area (Å²) in [7, 11) is 3.42. The number of ether oxygens (including phenoxy) is 1. The smallest absolute Gasteiger partial charge is 0.269 e. The van der Waals surface area contributed by atoms with Crippen molar-refractivity contribution in [2.24, 2.45) is 0 Å². The predicted molar refractivity (Wildman–Crippen MR) is 133 cm³/mol. The van der Waals surface area contributed by atoms with Crippen LogP contribution in [-0.2, 0) is 9.53 Å². The van der Waals surface area contributed by atoms with Crippen molar-refractivity contribution in [2.75, 3.05) is 27.3 Å². The molecule has 0 bridgehead atoms. The van der Waals surface area contributed by atoms with E-state index in [1.165, 1.54) is 7.05 Å². The van der Waals surface area contributed by atoms with E-state index in [1.54, 1.807) is 42.6 Å². The fourth-order valence-corrected chi connectivity index (χ4v) is 4.32. The monoisotopic (exact) mass is 502 g/mol. The van der Waals surface area contributed by atoms with Crippen molar-refractivity contribution in [3.05, 3.63) is 53.9 Å². The Hall–Kier alpha value is -2.92. The molecule has 2 amide bonds. The van der Waals surface area contributed by atoms with Gasteiger partial charge in [-0.25, -0.2) is 4.39 Å². The summed E-state index contributed by atoms with van der Waals surface area (Å²) in [6.07, 6.45) is 0.852. The van der Waals surface area contributed by atoms with Crippen LogP contribution in [0.4, 0.5) is 4.39 Å². The molecule has 1 fully saturated rings. The lowest BCUT2D eigenvalue weighted by Gasteiger charge is -2.36. The van der Waals surface area contributed by atoms with E-state index in [1.807, 2.05) is 18.9 Å². The first-order chi connectivity index (χ1) is 17.2. The molecular weight excluding hydrogens is 467 g/mol. The normalized spacial score (nSPS) is 21.6. The predicted octanol–water partition coefficient (Wildman–Crippen LogP) is 1.80. The number of aromatic nitrogens is 1. The molecule has 0 spiro atoms. The minimum absolute atomic E-state index is 0.0642. The van der Waals surface area contributed by atoms with Gasteiger partial charge in [0, 0.05) is 44.2 Å². The molecule has 9 nitrogen and oxygen atoms in total. The molecular formula is C26H35FN4O5. The lowest BCUT2D eigenvalue weighted by Crippen LogP contribution is -2.45. The molecule has 1 aliphatic heterocycles. The zero-order chi connectivity index (χ0) is 26.2. The molecule has 0 saturated carbocycles. The van der Waals surface area contributed by atoms with E-state index in [2.05, 4.69) is 15.6 Å². The third-order valence-electron chi connectivity index (χ3n) is 6.48. The Balaban J connectivity index is 1.54. The van der Waals surface area contributed by atoms with Gasteiger partial charge in [0.05, 0.1) is 12.1 Å². The Labute approximate surface area is 210 Å². The molecule has 0 radical (unpaired) electrons. The number of alkyl halides is 1. The number of nitrogens with one attached hydrogen (secondary N) is 2. The first-order valence-electron chi connectivity index (χ1n) is 12.1. The summed E-state index contributed by atoms with van der Waals surface area (Å²) in [5.74, 6) is -0.633.